The fourth-order valence-electron chi connectivity index (χ4n) is 3.77. The molecule has 1 aliphatic carbocycles. The molecule has 4 heterocycles. The summed E-state index contributed by atoms with van der Waals surface area (Å²) in [5.74, 6) is 0.537. The van der Waals surface area contributed by atoms with Gasteiger partial charge in [-0.1, -0.05) is 12.2 Å². The van der Waals surface area contributed by atoms with E-state index in [4.69, 9.17) is 11.6 Å². The van der Waals surface area contributed by atoms with Gasteiger partial charge in [-0.15, -0.1) is 11.6 Å². The number of halogens is 1. The van der Waals surface area contributed by atoms with E-state index in [2.05, 4.69) is 21.1 Å². The van der Waals surface area contributed by atoms with Gasteiger partial charge < -0.3 is 5.11 Å². The number of hydrogen-bond acceptors (Lipinski definition) is 5. The number of hydrazone groups is 1. The Labute approximate surface area is 142 Å². The van der Waals surface area contributed by atoms with Crippen molar-refractivity contribution in [3.63, 3.8) is 0 Å². The summed E-state index contributed by atoms with van der Waals surface area (Å²) in [5, 5.41) is 17.0. The maximum atomic E-state index is 10.5. The molecule has 3 saturated heterocycles. The van der Waals surface area contributed by atoms with Crippen LogP contribution in [0.4, 0.5) is 0 Å². The fraction of sp³-hybridized carbons (Fsp3) is 0.647. The quantitative estimate of drug-likeness (QED) is 0.801. The molecule has 0 aromatic rings. The van der Waals surface area contributed by atoms with E-state index < -0.39 is 6.23 Å². The Kier molecular flexibility index (Phi) is 4.26. The van der Waals surface area contributed by atoms with Crippen molar-refractivity contribution in [1.82, 2.24) is 9.91 Å². The highest BCUT2D eigenvalue weighted by Crippen LogP contribution is 2.27. The Bertz CT molecular complexity index is 577. The van der Waals surface area contributed by atoms with Crippen molar-refractivity contribution in [2.45, 2.75) is 30.9 Å². The molecular formula is C17H23ClN4O. The van der Waals surface area contributed by atoms with Gasteiger partial charge in [0.1, 0.15) is 0 Å². The smallest absolute Gasteiger partial charge is 0.154 e. The van der Waals surface area contributed by atoms with Crippen molar-refractivity contribution in [2.75, 3.05) is 26.2 Å². The van der Waals surface area contributed by atoms with E-state index in [1.165, 1.54) is 31.6 Å². The number of hydrogen-bond donors (Lipinski definition) is 1. The normalized spacial score (nSPS) is 39.1. The van der Waals surface area contributed by atoms with Crippen LogP contribution in [0.5, 0.6) is 0 Å². The van der Waals surface area contributed by atoms with Crippen LogP contribution in [0.25, 0.3) is 0 Å². The van der Waals surface area contributed by atoms with Gasteiger partial charge in [-0.2, -0.15) is 5.10 Å². The minimum atomic E-state index is -0.687. The largest absolute Gasteiger partial charge is 0.371 e. The molecule has 0 aromatic heterocycles. The summed E-state index contributed by atoms with van der Waals surface area (Å²) in [5.41, 5.74) is 2.24. The van der Waals surface area contributed by atoms with Gasteiger partial charge in [-0.05, 0) is 38.4 Å². The van der Waals surface area contributed by atoms with E-state index in [-0.39, 0.29) is 11.3 Å². The summed E-state index contributed by atoms with van der Waals surface area (Å²) in [6.45, 7) is 3.97. The van der Waals surface area contributed by atoms with Crippen molar-refractivity contribution in [3.05, 3.63) is 23.9 Å². The topological polar surface area (TPSA) is 51.4 Å². The molecule has 0 radical (unpaired) electrons. The van der Waals surface area contributed by atoms with E-state index in [0.29, 0.717) is 12.5 Å². The van der Waals surface area contributed by atoms with Gasteiger partial charge in [0, 0.05) is 24.4 Å². The van der Waals surface area contributed by atoms with Crippen LogP contribution in [0.2, 0.25) is 0 Å². The molecular weight excluding hydrogens is 312 g/mol. The minimum absolute atomic E-state index is 0.0408. The molecule has 5 aliphatic rings. The number of alkyl halides is 1. The fourth-order valence-corrected chi connectivity index (χ4v) is 3.93. The van der Waals surface area contributed by atoms with Gasteiger partial charge in [0.2, 0.25) is 0 Å². The molecule has 1 N–H and O–H groups in total. The van der Waals surface area contributed by atoms with E-state index in [9.17, 15) is 5.11 Å². The van der Waals surface area contributed by atoms with E-state index in [1.807, 2.05) is 23.4 Å². The summed E-state index contributed by atoms with van der Waals surface area (Å²) < 4.78 is 0. The van der Waals surface area contributed by atoms with Gasteiger partial charge in [-0.25, -0.2) is 0 Å². The molecule has 0 aromatic carbocycles. The lowest BCUT2D eigenvalue weighted by molar-refractivity contribution is 0.135. The second kappa shape index (κ2) is 6.38. The van der Waals surface area contributed by atoms with E-state index >= 15 is 0 Å². The molecule has 2 unspecified atom stereocenters. The molecule has 0 spiro atoms. The number of aliphatic hydroxyl groups excluding tert-OH is 1. The first kappa shape index (κ1) is 15.4. The first-order valence-electron chi connectivity index (χ1n) is 8.50. The van der Waals surface area contributed by atoms with Crippen molar-refractivity contribution < 1.29 is 5.11 Å². The third-order valence-electron chi connectivity index (χ3n) is 5.23. The molecule has 0 saturated carbocycles. The molecule has 3 atom stereocenters. The first-order valence-corrected chi connectivity index (χ1v) is 8.94. The number of fused-ring (bicyclic) bond motifs is 3. The predicted molar refractivity (Wildman–Crippen MR) is 92.8 cm³/mol. The Morgan fingerprint density at radius 3 is 2.83 bits per heavy atom. The van der Waals surface area contributed by atoms with Crippen molar-refractivity contribution >= 4 is 23.5 Å². The van der Waals surface area contributed by atoms with Gasteiger partial charge in [0.15, 0.2) is 6.23 Å². The highest BCUT2D eigenvalue weighted by molar-refractivity contribution is 6.22. The zero-order valence-electron chi connectivity index (χ0n) is 13.2. The second-order valence-electron chi connectivity index (χ2n) is 6.83. The van der Waals surface area contributed by atoms with Crippen LogP contribution in [0.1, 0.15) is 19.3 Å². The predicted octanol–water partition coefficient (Wildman–Crippen LogP) is 1.84. The molecule has 4 aliphatic heterocycles. The zero-order chi connectivity index (χ0) is 15.8. The number of aliphatic imine (C=N–C) groups is 1. The van der Waals surface area contributed by atoms with Gasteiger partial charge in [0.05, 0.1) is 23.5 Å². The van der Waals surface area contributed by atoms with Crippen LogP contribution in [-0.4, -0.2) is 64.7 Å². The maximum absolute atomic E-state index is 10.5. The van der Waals surface area contributed by atoms with Crippen LogP contribution >= 0.6 is 11.6 Å². The Hall–Kier alpha value is -1.17. The van der Waals surface area contributed by atoms with Crippen LogP contribution in [0.3, 0.4) is 0 Å². The van der Waals surface area contributed by atoms with Crippen molar-refractivity contribution in [2.24, 2.45) is 21.9 Å². The molecule has 5 rings (SSSR count). The van der Waals surface area contributed by atoms with Gasteiger partial charge >= 0.3 is 0 Å². The Balaban J connectivity index is 1.38. The highest BCUT2D eigenvalue weighted by atomic mass is 35.5. The number of allylic oxidation sites excluding steroid dienone is 3. The lowest BCUT2D eigenvalue weighted by Crippen LogP contribution is -2.48. The van der Waals surface area contributed by atoms with Crippen LogP contribution < -0.4 is 0 Å². The van der Waals surface area contributed by atoms with E-state index in [0.717, 1.165) is 18.7 Å². The average molecular weight is 335 g/mol. The Morgan fingerprint density at radius 2 is 2.17 bits per heavy atom. The van der Waals surface area contributed by atoms with Gasteiger partial charge in [-0.3, -0.25) is 14.9 Å². The summed E-state index contributed by atoms with van der Waals surface area (Å²) in [4.78, 5) is 7.08. The molecule has 5 nitrogen and oxygen atoms in total. The van der Waals surface area contributed by atoms with Crippen LogP contribution in [-0.2, 0) is 0 Å². The van der Waals surface area contributed by atoms with Crippen molar-refractivity contribution in [1.29, 1.82) is 0 Å². The van der Waals surface area contributed by atoms with Crippen LogP contribution in [0, 0.1) is 11.8 Å². The molecule has 3 fully saturated rings. The number of aliphatic hydroxyl groups is 1. The molecule has 0 amide bonds. The third kappa shape index (κ3) is 3.23. The third-order valence-corrected chi connectivity index (χ3v) is 5.56. The van der Waals surface area contributed by atoms with Crippen molar-refractivity contribution in [3.8, 4) is 0 Å². The monoisotopic (exact) mass is 334 g/mol. The number of rotatable bonds is 3. The highest BCUT2D eigenvalue weighted by Gasteiger charge is 2.33. The molecule has 124 valence electrons. The SMILES string of the molecule is OC(/N=C1\CN2CCC1CC2)C1C=NN(C2=CC[C@H](Cl)C=C2)C1. The van der Waals surface area contributed by atoms with Crippen LogP contribution in [0.15, 0.2) is 34.0 Å². The lowest BCUT2D eigenvalue weighted by atomic mass is 9.86. The average Bonchev–Trinajstić information content (AvgIpc) is 3.07. The summed E-state index contributed by atoms with van der Waals surface area (Å²) in [7, 11) is 0. The Morgan fingerprint density at radius 1 is 1.35 bits per heavy atom. The van der Waals surface area contributed by atoms with Gasteiger partial charge in [0.25, 0.3) is 0 Å². The minimum Gasteiger partial charge on any atom is -0.371 e. The maximum Gasteiger partial charge on any atom is 0.154 e. The number of piperidine rings is 3. The second-order valence-corrected chi connectivity index (χ2v) is 7.40. The lowest BCUT2D eigenvalue weighted by Gasteiger charge is -2.40. The molecule has 2 bridgehead atoms. The zero-order valence-corrected chi connectivity index (χ0v) is 13.9. The summed E-state index contributed by atoms with van der Waals surface area (Å²) >= 11 is 6.06. The van der Waals surface area contributed by atoms with E-state index in [1.54, 1.807) is 0 Å². The number of nitrogens with zero attached hydrogens (tertiary/aromatic N) is 4. The summed E-state index contributed by atoms with van der Waals surface area (Å²) in [6, 6.07) is 0. The summed E-state index contributed by atoms with van der Waals surface area (Å²) in [6.07, 6.45) is 10.4. The first-order chi connectivity index (χ1) is 11.2. The molecule has 6 heteroatoms. The standard InChI is InChI=1S/C17H23ClN4O/c18-14-1-3-15(4-2-14)22-10-13(9-19-22)17(23)20-16-11-21-7-5-12(16)6-8-21/h1,3-4,9,12-14,17,23H,2,5-8,10-11H2/b20-16+/t13?,14-,17?/m1/s1. The molecule has 23 heavy (non-hydrogen) atoms.